The number of hydrogen-bond acceptors (Lipinski definition) is 4. The Morgan fingerprint density at radius 1 is 1.05 bits per heavy atom. The molecule has 0 aliphatic heterocycles. The van der Waals surface area contributed by atoms with E-state index in [1.807, 2.05) is 0 Å². The summed E-state index contributed by atoms with van der Waals surface area (Å²) in [6, 6.07) is 13.4. The van der Waals surface area contributed by atoms with Gasteiger partial charge in [-0.3, -0.25) is 4.79 Å². The van der Waals surface area contributed by atoms with E-state index in [9.17, 15) is 9.59 Å². The minimum Gasteiger partial charge on any atom is -0.469 e. The molecule has 21 heavy (non-hydrogen) atoms. The third-order valence-electron chi connectivity index (χ3n) is 2.83. The van der Waals surface area contributed by atoms with Gasteiger partial charge in [0.05, 0.1) is 24.1 Å². The topological polar surface area (TPSA) is 52.6 Å². The van der Waals surface area contributed by atoms with E-state index in [1.165, 1.54) is 7.11 Å². The van der Waals surface area contributed by atoms with E-state index in [1.54, 1.807) is 48.5 Å². The van der Waals surface area contributed by atoms with E-state index in [4.69, 9.17) is 16.3 Å². The monoisotopic (exact) mass is 304 g/mol. The predicted molar refractivity (Wildman–Crippen MR) is 78.6 cm³/mol. The van der Waals surface area contributed by atoms with Crippen LogP contribution in [0.4, 0.5) is 0 Å². The van der Waals surface area contributed by atoms with Crippen LogP contribution in [0.25, 0.3) is 0 Å². The number of rotatable bonds is 4. The Kier molecular flexibility index (Phi) is 4.95. The summed E-state index contributed by atoms with van der Waals surface area (Å²) in [6.45, 7) is 0. The lowest BCUT2D eigenvalue weighted by Crippen LogP contribution is -2.12. The average Bonchev–Trinajstić information content (AvgIpc) is 2.49. The highest BCUT2D eigenvalue weighted by Gasteiger charge is 2.15. The summed E-state index contributed by atoms with van der Waals surface area (Å²) >= 11 is 5.96. The number of esters is 2. The molecule has 0 aromatic heterocycles. The third kappa shape index (κ3) is 3.83. The Morgan fingerprint density at radius 2 is 1.71 bits per heavy atom. The van der Waals surface area contributed by atoms with Crippen molar-refractivity contribution < 1.29 is 19.1 Å². The lowest BCUT2D eigenvalue weighted by molar-refractivity contribution is -0.139. The molecule has 0 saturated heterocycles. The quantitative estimate of drug-likeness (QED) is 0.642. The normalized spacial score (nSPS) is 10.0. The fourth-order valence-electron chi connectivity index (χ4n) is 1.76. The minimum atomic E-state index is -0.571. The molecule has 0 atom stereocenters. The summed E-state index contributed by atoms with van der Waals surface area (Å²) in [7, 11) is 1.31. The summed E-state index contributed by atoms with van der Waals surface area (Å²) in [5.41, 5.74) is 0.844. The lowest BCUT2D eigenvalue weighted by Gasteiger charge is -2.10. The van der Waals surface area contributed by atoms with E-state index in [2.05, 4.69) is 4.74 Å². The van der Waals surface area contributed by atoms with Gasteiger partial charge in [0.1, 0.15) is 5.75 Å². The molecule has 0 bridgehead atoms. The van der Waals surface area contributed by atoms with Crippen molar-refractivity contribution >= 4 is 23.5 Å². The van der Waals surface area contributed by atoms with Gasteiger partial charge in [-0.1, -0.05) is 41.9 Å². The highest BCUT2D eigenvalue weighted by molar-refractivity contribution is 6.33. The number of methoxy groups -OCH3 is 1. The first kappa shape index (κ1) is 15.1. The van der Waals surface area contributed by atoms with Crippen LogP contribution in [0.15, 0.2) is 48.5 Å². The van der Waals surface area contributed by atoms with Gasteiger partial charge in [-0.15, -0.1) is 0 Å². The molecular formula is C16H13ClO4. The Balaban J connectivity index is 2.22. The van der Waals surface area contributed by atoms with Crippen molar-refractivity contribution in [1.29, 1.82) is 0 Å². The second-order valence-corrected chi connectivity index (χ2v) is 4.64. The van der Waals surface area contributed by atoms with Crippen molar-refractivity contribution in [3.8, 4) is 5.75 Å². The minimum absolute atomic E-state index is 0.0302. The smallest absolute Gasteiger partial charge is 0.345 e. The van der Waals surface area contributed by atoms with E-state index in [0.29, 0.717) is 16.3 Å². The molecule has 0 aliphatic rings. The van der Waals surface area contributed by atoms with Crippen LogP contribution in [-0.4, -0.2) is 19.0 Å². The van der Waals surface area contributed by atoms with Gasteiger partial charge in [0.15, 0.2) is 0 Å². The van der Waals surface area contributed by atoms with Gasteiger partial charge in [0.2, 0.25) is 0 Å². The van der Waals surface area contributed by atoms with E-state index in [0.717, 1.165) is 0 Å². The first-order valence-corrected chi connectivity index (χ1v) is 6.61. The molecule has 0 heterocycles. The molecule has 0 saturated carbocycles. The second-order valence-electron chi connectivity index (χ2n) is 4.23. The van der Waals surface area contributed by atoms with Crippen LogP contribution in [0.2, 0.25) is 5.02 Å². The molecule has 0 spiro atoms. The van der Waals surface area contributed by atoms with Crippen molar-refractivity contribution in [3.05, 3.63) is 64.7 Å². The van der Waals surface area contributed by atoms with Crippen molar-refractivity contribution in [2.45, 2.75) is 6.42 Å². The molecule has 0 N–H and O–H groups in total. The molecular weight excluding hydrogens is 292 g/mol. The highest BCUT2D eigenvalue weighted by atomic mass is 35.5. The maximum Gasteiger partial charge on any atom is 0.345 e. The predicted octanol–water partition coefficient (Wildman–Crippen LogP) is 3.27. The zero-order chi connectivity index (χ0) is 15.2. The largest absolute Gasteiger partial charge is 0.469 e. The summed E-state index contributed by atoms with van der Waals surface area (Å²) in [6.07, 6.45) is 0.0302. The number of carbonyl (C=O) groups excluding carboxylic acids is 2. The first-order valence-electron chi connectivity index (χ1n) is 6.23. The third-order valence-corrected chi connectivity index (χ3v) is 3.16. The summed E-state index contributed by atoms with van der Waals surface area (Å²) in [4.78, 5) is 23.5. The van der Waals surface area contributed by atoms with Crippen molar-refractivity contribution in [3.63, 3.8) is 0 Å². The van der Waals surface area contributed by atoms with Crippen LogP contribution < -0.4 is 4.74 Å². The van der Waals surface area contributed by atoms with Crippen molar-refractivity contribution in [2.24, 2.45) is 0 Å². The SMILES string of the molecule is COC(=O)Cc1ccccc1OC(=O)c1ccccc1Cl. The molecule has 0 aliphatic carbocycles. The number of para-hydroxylation sites is 1. The van der Waals surface area contributed by atoms with Gasteiger partial charge in [-0.2, -0.15) is 0 Å². The maximum atomic E-state index is 12.1. The average molecular weight is 305 g/mol. The van der Waals surface area contributed by atoms with E-state index in [-0.39, 0.29) is 12.0 Å². The number of hydrogen-bond donors (Lipinski definition) is 0. The van der Waals surface area contributed by atoms with Crippen LogP contribution in [0, 0.1) is 0 Å². The molecule has 5 heteroatoms. The molecule has 0 fully saturated rings. The van der Waals surface area contributed by atoms with Crippen LogP contribution in [-0.2, 0) is 16.0 Å². The molecule has 0 radical (unpaired) electrons. The second kappa shape index (κ2) is 6.90. The van der Waals surface area contributed by atoms with Crippen LogP contribution in [0.3, 0.4) is 0 Å². The van der Waals surface area contributed by atoms with Gasteiger partial charge in [0, 0.05) is 5.56 Å². The van der Waals surface area contributed by atoms with Crippen molar-refractivity contribution in [1.82, 2.24) is 0 Å². The maximum absolute atomic E-state index is 12.1. The van der Waals surface area contributed by atoms with Crippen LogP contribution in [0.5, 0.6) is 5.75 Å². The molecule has 4 nitrogen and oxygen atoms in total. The Hall–Kier alpha value is -2.33. The van der Waals surface area contributed by atoms with E-state index < -0.39 is 11.9 Å². The fraction of sp³-hybridized carbons (Fsp3) is 0.125. The number of carbonyl (C=O) groups is 2. The standard InChI is InChI=1S/C16H13ClO4/c1-20-15(18)10-11-6-2-5-9-14(11)21-16(19)12-7-3-4-8-13(12)17/h2-9H,10H2,1H3. The zero-order valence-corrected chi connectivity index (χ0v) is 12.1. The van der Waals surface area contributed by atoms with Gasteiger partial charge in [-0.05, 0) is 18.2 Å². The fourth-order valence-corrected chi connectivity index (χ4v) is 1.97. The van der Waals surface area contributed by atoms with Crippen molar-refractivity contribution in [2.75, 3.05) is 7.11 Å². The molecule has 2 aromatic rings. The first-order chi connectivity index (χ1) is 10.1. The zero-order valence-electron chi connectivity index (χ0n) is 11.3. The summed E-state index contributed by atoms with van der Waals surface area (Å²) < 4.78 is 9.94. The summed E-state index contributed by atoms with van der Waals surface area (Å²) in [5.74, 6) is -0.665. The van der Waals surface area contributed by atoms with Gasteiger partial charge in [-0.25, -0.2) is 4.79 Å². The lowest BCUT2D eigenvalue weighted by atomic mass is 10.1. The van der Waals surface area contributed by atoms with Gasteiger partial charge < -0.3 is 9.47 Å². The molecule has 2 aromatic carbocycles. The summed E-state index contributed by atoms with van der Waals surface area (Å²) in [5, 5.41) is 0.313. The Morgan fingerprint density at radius 3 is 2.43 bits per heavy atom. The molecule has 0 amide bonds. The molecule has 0 unspecified atom stereocenters. The van der Waals surface area contributed by atoms with Gasteiger partial charge >= 0.3 is 11.9 Å². The van der Waals surface area contributed by atoms with Crippen LogP contribution in [0.1, 0.15) is 15.9 Å². The van der Waals surface area contributed by atoms with Gasteiger partial charge in [0.25, 0.3) is 0 Å². The van der Waals surface area contributed by atoms with Crippen LogP contribution >= 0.6 is 11.6 Å². The molecule has 2 rings (SSSR count). The number of benzene rings is 2. The number of halogens is 1. The Bertz CT molecular complexity index is 667. The highest BCUT2D eigenvalue weighted by Crippen LogP contribution is 2.22. The Labute approximate surface area is 127 Å². The number of ether oxygens (including phenoxy) is 2. The van der Waals surface area contributed by atoms with E-state index >= 15 is 0 Å². The molecule has 108 valence electrons.